The van der Waals surface area contributed by atoms with Crippen molar-refractivity contribution >= 4 is 11.7 Å². The van der Waals surface area contributed by atoms with Crippen LogP contribution in [0.1, 0.15) is 19.4 Å². The fourth-order valence-corrected chi connectivity index (χ4v) is 2.14. The SMILES string of the molecule is CCOC(=O)[C@H]1Cc2ccccc2N[C@@H]1C. The van der Waals surface area contributed by atoms with Gasteiger partial charge in [-0.15, -0.1) is 0 Å². The number of ether oxygens (including phenoxy) is 1. The third kappa shape index (κ3) is 2.03. The first kappa shape index (κ1) is 11.0. The fourth-order valence-electron chi connectivity index (χ4n) is 2.14. The van der Waals surface area contributed by atoms with Crippen LogP contribution in [0.3, 0.4) is 0 Å². The average molecular weight is 219 g/mol. The Labute approximate surface area is 95.8 Å². The maximum Gasteiger partial charge on any atom is 0.311 e. The Morgan fingerprint density at radius 3 is 3.00 bits per heavy atom. The van der Waals surface area contributed by atoms with Crippen molar-refractivity contribution in [3.63, 3.8) is 0 Å². The number of benzene rings is 1. The average Bonchev–Trinajstić information content (AvgIpc) is 2.28. The van der Waals surface area contributed by atoms with Gasteiger partial charge in [-0.25, -0.2) is 0 Å². The number of esters is 1. The molecule has 0 bridgehead atoms. The van der Waals surface area contributed by atoms with Gasteiger partial charge in [0.1, 0.15) is 0 Å². The number of hydrogen-bond donors (Lipinski definition) is 1. The third-order valence-electron chi connectivity index (χ3n) is 3.03. The quantitative estimate of drug-likeness (QED) is 0.775. The molecule has 1 heterocycles. The van der Waals surface area contributed by atoms with Gasteiger partial charge < -0.3 is 10.1 Å². The molecule has 0 saturated heterocycles. The predicted octanol–water partition coefficient (Wildman–Crippen LogP) is 2.22. The molecule has 1 aromatic rings. The predicted molar refractivity (Wildman–Crippen MR) is 63.4 cm³/mol. The van der Waals surface area contributed by atoms with Crippen LogP contribution in [-0.2, 0) is 16.0 Å². The zero-order valence-electron chi connectivity index (χ0n) is 9.69. The number of hydrogen-bond acceptors (Lipinski definition) is 3. The Balaban J connectivity index is 2.18. The maximum atomic E-state index is 11.8. The second kappa shape index (κ2) is 4.56. The molecule has 2 rings (SSSR count). The summed E-state index contributed by atoms with van der Waals surface area (Å²) in [6.07, 6.45) is 0.767. The highest BCUT2D eigenvalue weighted by atomic mass is 16.5. The Morgan fingerprint density at radius 2 is 2.25 bits per heavy atom. The summed E-state index contributed by atoms with van der Waals surface area (Å²) in [6, 6.07) is 8.24. The number of carbonyl (C=O) groups is 1. The van der Waals surface area contributed by atoms with Crippen molar-refractivity contribution in [2.24, 2.45) is 5.92 Å². The first-order valence-corrected chi connectivity index (χ1v) is 5.73. The molecule has 1 N–H and O–H groups in total. The zero-order valence-corrected chi connectivity index (χ0v) is 9.69. The summed E-state index contributed by atoms with van der Waals surface area (Å²) in [7, 11) is 0. The lowest BCUT2D eigenvalue weighted by Crippen LogP contribution is -2.38. The van der Waals surface area contributed by atoms with Crippen LogP contribution < -0.4 is 5.32 Å². The zero-order chi connectivity index (χ0) is 11.5. The molecule has 0 saturated carbocycles. The van der Waals surface area contributed by atoms with Crippen LogP contribution in [-0.4, -0.2) is 18.6 Å². The minimum absolute atomic E-state index is 0.0742. The largest absolute Gasteiger partial charge is 0.466 e. The summed E-state index contributed by atoms with van der Waals surface area (Å²) < 4.78 is 5.09. The molecule has 0 spiro atoms. The monoisotopic (exact) mass is 219 g/mol. The van der Waals surface area contributed by atoms with Gasteiger partial charge in [-0.05, 0) is 31.9 Å². The van der Waals surface area contributed by atoms with Crippen LogP contribution >= 0.6 is 0 Å². The van der Waals surface area contributed by atoms with Crippen molar-refractivity contribution in [2.75, 3.05) is 11.9 Å². The van der Waals surface area contributed by atoms with Crippen LogP contribution in [0.2, 0.25) is 0 Å². The molecule has 3 heteroatoms. The minimum atomic E-state index is -0.1000. The van der Waals surface area contributed by atoms with Crippen molar-refractivity contribution in [2.45, 2.75) is 26.3 Å². The van der Waals surface area contributed by atoms with Gasteiger partial charge in [-0.1, -0.05) is 18.2 Å². The molecule has 0 aliphatic carbocycles. The van der Waals surface area contributed by atoms with E-state index in [2.05, 4.69) is 11.4 Å². The molecule has 16 heavy (non-hydrogen) atoms. The van der Waals surface area contributed by atoms with Crippen molar-refractivity contribution in [1.82, 2.24) is 0 Å². The maximum absolute atomic E-state index is 11.8. The van der Waals surface area contributed by atoms with Crippen LogP contribution in [0, 0.1) is 5.92 Å². The molecule has 0 aromatic heterocycles. The van der Waals surface area contributed by atoms with Crippen LogP contribution in [0.4, 0.5) is 5.69 Å². The number of para-hydroxylation sites is 1. The molecule has 1 aromatic carbocycles. The summed E-state index contributed by atoms with van der Waals surface area (Å²) in [5.74, 6) is -0.174. The van der Waals surface area contributed by atoms with E-state index in [1.807, 2.05) is 32.0 Å². The van der Waals surface area contributed by atoms with Gasteiger partial charge in [0.25, 0.3) is 0 Å². The lowest BCUT2D eigenvalue weighted by atomic mass is 9.88. The smallest absolute Gasteiger partial charge is 0.311 e. The van der Waals surface area contributed by atoms with Crippen LogP contribution in [0.15, 0.2) is 24.3 Å². The first-order chi connectivity index (χ1) is 7.72. The van der Waals surface area contributed by atoms with E-state index in [1.165, 1.54) is 5.56 Å². The van der Waals surface area contributed by atoms with Gasteiger partial charge in [-0.2, -0.15) is 0 Å². The highest BCUT2D eigenvalue weighted by Gasteiger charge is 2.31. The molecule has 0 unspecified atom stereocenters. The third-order valence-corrected chi connectivity index (χ3v) is 3.03. The molecule has 3 nitrogen and oxygen atoms in total. The lowest BCUT2D eigenvalue weighted by Gasteiger charge is -2.30. The van der Waals surface area contributed by atoms with Gasteiger partial charge in [0, 0.05) is 11.7 Å². The Morgan fingerprint density at radius 1 is 1.50 bits per heavy atom. The molecule has 1 aliphatic rings. The molecule has 0 fully saturated rings. The van der Waals surface area contributed by atoms with Gasteiger partial charge in [0.2, 0.25) is 0 Å². The summed E-state index contributed by atoms with van der Waals surface area (Å²) in [5.41, 5.74) is 2.33. The summed E-state index contributed by atoms with van der Waals surface area (Å²) in [6.45, 7) is 4.31. The molecular weight excluding hydrogens is 202 g/mol. The normalized spacial score (nSPS) is 23.1. The van der Waals surface area contributed by atoms with Gasteiger partial charge in [-0.3, -0.25) is 4.79 Å². The summed E-state index contributed by atoms with van der Waals surface area (Å²) in [4.78, 5) is 11.8. The number of rotatable bonds is 2. The Kier molecular flexibility index (Phi) is 3.13. The second-order valence-electron chi connectivity index (χ2n) is 4.15. The Bertz CT molecular complexity index is 389. The molecular formula is C13H17NO2. The van der Waals surface area contributed by atoms with E-state index >= 15 is 0 Å². The van der Waals surface area contributed by atoms with E-state index in [0.29, 0.717) is 6.61 Å². The lowest BCUT2D eigenvalue weighted by molar-refractivity contribution is -0.148. The van der Waals surface area contributed by atoms with Gasteiger partial charge in [0.05, 0.1) is 12.5 Å². The van der Waals surface area contributed by atoms with Crippen molar-refractivity contribution in [1.29, 1.82) is 0 Å². The molecule has 1 aliphatic heterocycles. The number of nitrogens with one attached hydrogen (secondary N) is 1. The molecule has 0 amide bonds. The highest BCUT2D eigenvalue weighted by Crippen LogP contribution is 2.28. The van der Waals surface area contributed by atoms with E-state index in [4.69, 9.17) is 4.74 Å². The van der Waals surface area contributed by atoms with E-state index in [1.54, 1.807) is 0 Å². The van der Waals surface area contributed by atoms with Crippen molar-refractivity contribution in [3.05, 3.63) is 29.8 Å². The standard InChI is InChI=1S/C13H17NO2/c1-3-16-13(15)11-8-10-6-4-5-7-12(10)14-9(11)2/h4-7,9,11,14H,3,8H2,1-2H3/t9-,11+/m1/s1. The van der Waals surface area contributed by atoms with E-state index in [-0.39, 0.29) is 17.9 Å². The molecule has 2 atom stereocenters. The minimum Gasteiger partial charge on any atom is -0.466 e. The van der Waals surface area contributed by atoms with E-state index in [9.17, 15) is 4.79 Å². The number of carbonyl (C=O) groups excluding carboxylic acids is 1. The summed E-state index contributed by atoms with van der Waals surface area (Å²) >= 11 is 0. The topological polar surface area (TPSA) is 38.3 Å². The molecule has 0 radical (unpaired) electrons. The van der Waals surface area contributed by atoms with Crippen LogP contribution in [0.5, 0.6) is 0 Å². The van der Waals surface area contributed by atoms with Crippen molar-refractivity contribution in [3.8, 4) is 0 Å². The highest BCUT2D eigenvalue weighted by molar-refractivity contribution is 5.76. The Hall–Kier alpha value is -1.51. The fraction of sp³-hybridized carbons (Fsp3) is 0.462. The van der Waals surface area contributed by atoms with E-state index < -0.39 is 0 Å². The van der Waals surface area contributed by atoms with Crippen molar-refractivity contribution < 1.29 is 9.53 Å². The van der Waals surface area contributed by atoms with Crippen LogP contribution in [0.25, 0.3) is 0 Å². The number of anilines is 1. The molecule has 86 valence electrons. The van der Waals surface area contributed by atoms with Gasteiger partial charge in [0.15, 0.2) is 0 Å². The van der Waals surface area contributed by atoms with E-state index in [0.717, 1.165) is 12.1 Å². The summed E-state index contributed by atoms with van der Waals surface area (Å²) in [5, 5.41) is 3.35. The van der Waals surface area contributed by atoms with Gasteiger partial charge >= 0.3 is 5.97 Å². The second-order valence-corrected chi connectivity index (χ2v) is 4.15. The first-order valence-electron chi connectivity index (χ1n) is 5.73. The number of fused-ring (bicyclic) bond motifs is 1.